The van der Waals surface area contributed by atoms with Crippen LogP contribution < -0.4 is 20.5 Å². The Labute approximate surface area is 137 Å². The van der Waals surface area contributed by atoms with E-state index in [2.05, 4.69) is 5.32 Å². The molecule has 1 aromatic carbocycles. The van der Waals surface area contributed by atoms with Crippen LogP contribution in [0.1, 0.15) is 44.0 Å². The van der Waals surface area contributed by atoms with Crippen molar-refractivity contribution < 1.29 is 19.1 Å². The highest BCUT2D eigenvalue weighted by molar-refractivity contribution is 5.94. The molecule has 0 saturated carbocycles. The molecular formula is C17H26N2O4. The minimum absolute atomic E-state index is 0.0333. The highest BCUT2D eigenvalue weighted by Gasteiger charge is 2.17. The predicted molar refractivity (Wildman–Crippen MR) is 89.0 cm³/mol. The van der Waals surface area contributed by atoms with E-state index in [4.69, 9.17) is 15.2 Å². The molecule has 1 aromatic rings. The first-order chi connectivity index (χ1) is 10.8. The van der Waals surface area contributed by atoms with Crippen LogP contribution in [-0.4, -0.2) is 37.5 Å². The maximum Gasteiger partial charge on any atom is 0.220 e. The first-order valence-corrected chi connectivity index (χ1v) is 7.62. The van der Waals surface area contributed by atoms with Crippen molar-refractivity contribution in [2.75, 3.05) is 20.3 Å². The van der Waals surface area contributed by atoms with E-state index >= 15 is 0 Å². The lowest BCUT2D eigenvalue weighted by Gasteiger charge is -2.24. The van der Waals surface area contributed by atoms with Crippen LogP contribution in [0.3, 0.4) is 0 Å². The van der Waals surface area contributed by atoms with Crippen LogP contribution in [0.5, 0.6) is 11.5 Å². The number of carbonyl (C=O) groups is 2. The number of benzene rings is 1. The van der Waals surface area contributed by atoms with Gasteiger partial charge in [0.25, 0.3) is 0 Å². The van der Waals surface area contributed by atoms with E-state index < -0.39 is 5.54 Å². The summed E-state index contributed by atoms with van der Waals surface area (Å²) in [5, 5.41) is 2.87. The van der Waals surface area contributed by atoms with Gasteiger partial charge in [-0.25, -0.2) is 0 Å². The fourth-order valence-electron chi connectivity index (χ4n) is 1.91. The van der Waals surface area contributed by atoms with E-state index in [1.807, 2.05) is 13.8 Å². The molecule has 1 amide bonds. The number of ketones is 1. The molecule has 0 spiro atoms. The largest absolute Gasteiger partial charge is 0.493 e. The van der Waals surface area contributed by atoms with Gasteiger partial charge in [-0.15, -0.1) is 0 Å². The zero-order valence-corrected chi connectivity index (χ0v) is 14.3. The van der Waals surface area contributed by atoms with Crippen molar-refractivity contribution in [2.45, 2.75) is 39.2 Å². The molecule has 0 aliphatic rings. The highest BCUT2D eigenvalue weighted by Crippen LogP contribution is 2.28. The highest BCUT2D eigenvalue weighted by atomic mass is 16.5. The van der Waals surface area contributed by atoms with Gasteiger partial charge in [0.2, 0.25) is 5.91 Å². The van der Waals surface area contributed by atoms with Gasteiger partial charge in [0, 0.05) is 24.1 Å². The molecule has 3 N–H and O–H groups in total. The Bertz CT molecular complexity index is 556. The average Bonchev–Trinajstić information content (AvgIpc) is 2.51. The number of nitrogens with two attached hydrogens (primary N) is 1. The molecule has 0 heterocycles. The number of carbonyl (C=O) groups excluding carboxylic acids is 2. The molecule has 6 nitrogen and oxygen atoms in total. The second kappa shape index (κ2) is 8.53. The van der Waals surface area contributed by atoms with Crippen LogP contribution in [0.2, 0.25) is 0 Å². The first-order valence-electron chi connectivity index (χ1n) is 7.62. The van der Waals surface area contributed by atoms with Gasteiger partial charge >= 0.3 is 0 Å². The van der Waals surface area contributed by atoms with E-state index in [-0.39, 0.29) is 11.7 Å². The third-order valence-corrected chi connectivity index (χ3v) is 3.36. The molecule has 23 heavy (non-hydrogen) atoms. The number of rotatable bonds is 9. The van der Waals surface area contributed by atoms with Crippen molar-refractivity contribution in [1.82, 2.24) is 5.32 Å². The Morgan fingerprint density at radius 2 is 1.96 bits per heavy atom. The zero-order valence-electron chi connectivity index (χ0n) is 14.3. The molecule has 0 aliphatic carbocycles. The summed E-state index contributed by atoms with van der Waals surface area (Å²) in [6.07, 6.45) is 0.932. The van der Waals surface area contributed by atoms with E-state index in [0.717, 1.165) is 0 Å². The lowest BCUT2D eigenvalue weighted by molar-refractivity contribution is -0.122. The Kier molecular flexibility index (Phi) is 7.03. The quantitative estimate of drug-likeness (QED) is 0.535. The van der Waals surface area contributed by atoms with Crippen molar-refractivity contribution >= 4 is 11.7 Å². The van der Waals surface area contributed by atoms with Crippen LogP contribution in [0, 0.1) is 0 Å². The van der Waals surface area contributed by atoms with Gasteiger partial charge in [0.05, 0.1) is 13.7 Å². The lowest BCUT2D eigenvalue weighted by atomic mass is 10.1. The Morgan fingerprint density at radius 1 is 1.26 bits per heavy atom. The van der Waals surface area contributed by atoms with Gasteiger partial charge in [-0.3, -0.25) is 9.59 Å². The summed E-state index contributed by atoms with van der Waals surface area (Å²) >= 11 is 0. The van der Waals surface area contributed by atoms with E-state index in [1.165, 1.54) is 14.0 Å². The number of amides is 1. The Morgan fingerprint density at radius 3 is 2.52 bits per heavy atom. The molecule has 0 aromatic heterocycles. The van der Waals surface area contributed by atoms with Crippen molar-refractivity contribution in [2.24, 2.45) is 5.73 Å². The number of hydrogen-bond donors (Lipinski definition) is 2. The van der Waals surface area contributed by atoms with Crippen molar-refractivity contribution in [3.05, 3.63) is 23.8 Å². The summed E-state index contributed by atoms with van der Waals surface area (Å²) in [5.74, 6) is 0.976. The van der Waals surface area contributed by atoms with E-state index in [9.17, 15) is 9.59 Å². The molecule has 0 radical (unpaired) electrons. The molecule has 1 rings (SSSR count). The van der Waals surface area contributed by atoms with Gasteiger partial charge in [-0.1, -0.05) is 0 Å². The Balaban J connectivity index is 2.47. The van der Waals surface area contributed by atoms with Gasteiger partial charge in [0.1, 0.15) is 0 Å². The summed E-state index contributed by atoms with van der Waals surface area (Å²) in [4.78, 5) is 23.1. The van der Waals surface area contributed by atoms with Gasteiger partial charge < -0.3 is 20.5 Å². The molecule has 0 unspecified atom stereocenters. The van der Waals surface area contributed by atoms with Crippen molar-refractivity contribution in [1.29, 1.82) is 0 Å². The van der Waals surface area contributed by atoms with Crippen LogP contribution >= 0.6 is 0 Å². The van der Waals surface area contributed by atoms with Crippen molar-refractivity contribution in [3.63, 3.8) is 0 Å². The Hall–Kier alpha value is -2.08. The molecule has 0 atom stereocenters. The maximum absolute atomic E-state index is 11.8. The molecule has 6 heteroatoms. The maximum atomic E-state index is 11.8. The number of nitrogens with one attached hydrogen (secondary N) is 1. The van der Waals surface area contributed by atoms with E-state index in [1.54, 1.807) is 18.2 Å². The summed E-state index contributed by atoms with van der Waals surface area (Å²) in [6.45, 7) is 6.02. The molecular weight excluding hydrogens is 296 g/mol. The average molecular weight is 322 g/mol. The molecule has 0 bridgehead atoms. The third-order valence-electron chi connectivity index (χ3n) is 3.36. The summed E-state index contributed by atoms with van der Waals surface area (Å²) < 4.78 is 10.9. The first kappa shape index (κ1) is 19.0. The van der Waals surface area contributed by atoms with Crippen LogP contribution in [0.25, 0.3) is 0 Å². The molecule has 0 saturated heterocycles. The summed E-state index contributed by atoms with van der Waals surface area (Å²) in [5.41, 5.74) is 5.74. The van der Waals surface area contributed by atoms with Gasteiger partial charge in [-0.05, 0) is 45.4 Å². The third kappa shape index (κ3) is 6.28. The van der Waals surface area contributed by atoms with Crippen LogP contribution in [0.4, 0.5) is 0 Å². The molecule has 0 fully saturated rings. The smallest absolute Gasteiger partial charge is 0.220 e. The summed E-state index contributed by atoms with van der Waals surface area (Å²) in [6, 6.07) is 5.04. The second-order valence-corrected chi connectivity index (χ2v) is 6.01. The molecule has 128 valence electrons. The standard InChI is InChI=1S/C17H26N2O4/c1-12(20)13-7-8-14(15(10-13)22-4)23-9-5-6-16(21)19-17(2,3)11-18/h7-8,10H,5-6,9,11,18H2,1-4H3,(H,19,21). The SMILES string of the molecule is COc1cc(C(C)=O)ccc1OCCCC(=O)NC(C)(C)CN. The topological polar surface area (TPSA) is 90.6 Å². The normalized spacial score (nSPS) is 11.0. The predicted octanol–water partition coefficient (Wildman–Crippen LogP) is 1.91. The van der Waals surface area contributed by atoms with Crippen LogP contribution in [0.15, 0.2) is 18.2 Å². The number of Topliss-reactive ketones (excluding diaryl/α,β-unsaturated/α-hetero) is 1. The fraction of sp³-hybridized carbons (Fsp3) is 0.529. The minimum atomic E-state index is -0.399. The summed E-state index contributed by atoms with van der Waals surface area (Å²) in [7, 11) is 1.52. The molecule has 0 aliphatic heterocycles. The van der Waals surface area contributed by atoms with E-state index in [0.29, 0.717) is 43.1 Å². The number of ether oxygens (including phenoxy) is 2. The zero-order chi connectivity index (χ0) is 17.5. The second-order valence-electron chi connectivity index (χ2n) is 6.01. The monoisotopic (exact) mass is 322 g/mol. The fourth-order valence-corrected chi connectivity index (χ4v) is 1.91. The van der Waals surface area contributed by atoms with Gasteiger partial charge in [0.15, 0.2) is 17.3 Å². The van der Waals surface area contributed by atoms with Crippen LogP contribution in [-0.2, 0) is 4.79 Å². The number of methoxy groups -OCH3 is 1. The lowest BCUT2D eigenvalue weighted by Crippen LogP contribution is -2.48. The number of hydrogen-bond acceptors (Lipinski definition) is 5. The van der Waals surface area contributed by atoms with Crippen molar-refractivity contribution in [3.8, 4) is 11.5 Å². The minimum Gasteiger partial charge on any atom is -0.493 e. The van der Waals surface area contributed by atoms with Gasteiger partial charge in [-0.2, -0.15) is 0 Å².